The van der Waals surface area contributed by atoms with Gasteiger partial charge >= 0.3 is 0 Å². The highest BCUT2D eigenvalue weighted by atomic mass is 16.5. The number of hydrogen-bond donors (Lipinski definition) is 3. The van der Waals surface area contributed by atoms with Crippen LogP contribution in [-0.4, -0.2) is 43.8 Å². The Morgan fingerprint density at radius 3 is 2.52 bits per heavy atom. The Morgan fingerprint density at radius 1 is 1.13 bits per heavy atom. The standard InChI is InChI=1S/C22H24N4O5/c1-31-16-8-6-15(7-9-16)26-13-14(12-20(26)28)21(29)25-18-5-3-2-4-17(18)22(30)24-11-10-19(23)27/h2-9,14H,10-13H2,1H3,(H2,23,27)(H,24,30)(H,25,29). The molecular weight excluding hydrogens is 400 g/mol. The quantitative estimate of drug-likeness (QED) is 0.588. The fraction of sp³-hybridized carbons (Fsp3) is 0.273. The monoisotopic (exact) mass is 424 g/mol. The van der Waals surface area contributed by atoms with Crippen molar-refractivity contribution in [2.24, 2.45) is 11.7 Å². The van der Waals surface area contributed by atoms with Crippen LogP contribution in [0.5, 0.6) is 5.75 Å². The van der Waals surface area contributed by atoms with Gasteiger partial charge < -0.3 is 26.0 Å². The minimum Gasteiger partial charge on any atom is -0.497 e. The Labute approximate surface area is 179 Å². The number of methoxy groups -OCH3 is 1. The van der Waals surface area contributed by atoms with Crippen molar-refractivity contribution >= 4 is 35.0 Å². The van der Waals surface area contributed by atoms with E-state index in [0.29, 0.717) is 17.1 Å². The van der Waals surface area contributed by atoms with Gasteiger partial charge in [0.25, 0.3) is 5.91 Å². The molecule has 9 nitrogen and oxygen atoms in total. The number of ether oxygens (including phenoxy) is 1. The Balaban J connectivity index is 1.66. The summed E-state index contributed by atoms with van der Waals surface area (Å²) in [7, 11) is 1.56. The summed E-state index contributed by atoms with van der Waals surface area (Å²) in [5.74, 6) is -1.32. The van der Waals surface area contributed by atoms with Crippen molar-refractivity contribution in [2.45, 2.75) is 12.8 Å². The zero-order valence-corrected chi connectivity index (χ0v) is 17.1. The number of anilines is 2. The van der Waals surface area contributed by atoms with Crippen molar-refractivity contribution in [3.8, 4) is 5.75 Å². The van der Waals surface area contributed by atoms with Gasteiger partial charge in [-0.15, -0.1) is 0 Å². The first-order valence-corrected chi connectivity index (χ1v) is 9.80. The van der Waals surface area contributed by atoms with E-state index in [9.17, 15) is 19.2 Å². The number of nitrogens with one attached hydrogen (secondary N) is 2. The lowest BCUT2D eigenvalue weighted by Crippen LogP contribution is -2.30. The lowest BCUT2D eigenvalue weighted by atomic mass is 10.1. The van der Waals surface area contributed by atoms with Gasteiger partial charge in [-0.1, -0.05) is 12.1 Å². The van der Waals surface area contributed by atoms with Gasteiger partial charge in [-0.05, 0) is 36.4 Å². The molecule has 0 spiro atoms. The summed E-state index contributed by atoms with van der Waals surface area (Å²) in [6.07, 6.45) is 0.0937. The molecule has 2 aromatic rings. The molecule has 1 unspecified atom stereocenters. The summed E-state index contributed by atoms with van der Waals surface area (Å²) in [4.78, 5) is 50.1. The van der Waals surface area contributed by atoms with E-state index >= 15 is 0 Å². The third kappa shape index (κ3) is 5.39. The maximum Gasteiger partial charge on any atom is 0.253 e. The van der Waals surface area contributed by atoms with E-state index in [0.717, 1.165) is 0 Å². The molecule has 2 aromatic carbocycles. The summed E-state index contributed by atoms with van der Waals surface area (Å²) < 4.78 is 5.13. The van der Waals surface area contributed by atoms with Gasteiger partial charge in [0, 0.05) is 31.6 Å². The molecule has 1 saturated heterocycles. The van der Waals surface area contributed by atoms with Gasteiger partial charge in [-0.25, -0.2) is 0 Å². The number of carbonyl (C=O) groups excluding carboxylic acids is 4. The van der Waals surface area contributed by atoms with Crippen LogP contribution in [-0.2, 0) is 14.4 Å². The molecule has 0 aromatic heterocycles. The SMILES string of the molecule is COc1ccc(N2CC(C(=O)Nc3ccccc3C(=O)NCCC(N)=O)CC2=O)cc1. The number of carbonyl (C=O) groups is 4. The number of nitrogens with two attached hydrogens (primary N) is 1. The van der Waals surface area contributed by atoms with E-state index in [-0.39, 0.29) is 43.3 Å². The van der Waals surface area contributed by atoms with E-state index in [2.05, 4.69) is 10.6 Å². The molecule has 162 valence electrons. The fourth-order valence-electron chi connectivity index (χ4n) is 3.31. The highest BCUT2D eigenvalue weighted by molar-refractivity contribution is 6.07. The first-order chi connectivity index (χ1) is 14.9. The van der Waals surface area contributed by atoms with Crippen LogP contribution in [0.15, 0.2) is 48.5 Å². The lowest BCUT2D eigenvalue weighted by molar-refractivity contribution is -0.122. The second kappa shape index (κ2) is 9.75. The van der Waals surface area contributed by atoms with Crippen LogP contribution in [0.1, 0.15) is 23.2 Å². The Bertz CT molecular complexity index is 990. The summed E-state index contributed by atoms with van der Waals surface area (Å²) in [6, 6.07) is 13.6. The van der Waals surface area contributed by atoms with Crippen molar-refractivity contribution in [1.82, 2.24) is 5.32 Å². The first kappa shape index (κ1) is 21.8. The molecular formula is C22H24N4O5. The summed E-state index contributed by atoms with van der Waals surface area (Å²) in [5.41, 5.74) is 6.36. The van der Waals surface area contributed by atoms with Crippen molar-refractivity contribution in [2.75, 3.05) is 30.4 Å². The van der Waals surface area contributed by atoms with Gasteiger partial charge in [0.05, 0.1) is 24.3 Å². The van der Waals surface area contributed by atoms with E-state index in [1.54, 1.807) is 60.5 Å². The Kier molecular flexibility index (Phi) is 6.86. The van der Waals surface area contributed by atoms with E-state index in [1.807, 2.05) is 0 Å². The van der Waals surface area contributed by atoms with Crippen LogP contribution in [0, 0.1) is 5.92 Å². The number of para-hydroxylation sites is 1. The fourth-order valence-corrected chi connectivity index (χ4v) is 3.31. The minimum atomic E-state index is -0.555. The molecule has 3 rings (SSSR count). The molecule has 31 heavy (non-hydrogen) atoms. The minimum absolute atomic E-state index is 0.0195. The molecule has 4 N–H and O–H groups in total. The average molecular weight is 424 g/mol. The van der Waals surface area contributed by atoms with E-state index in [1.165, 1.54) is 0 Å². The molecule has 0 bridgehead atoms. The highest BCUT2D eigenvalue weighted by Gasteiger charge is 2.35. The Morgan fingerprint density at radius 2 is 1.84 bits per heavy atom. The number of rotatable bonds is 8. The predicted molar refractivity (Wildman–Crippen MR) is 115 cm³/mol. The molecule has 0 aliphatic carbocycles. The molecule has 1 heterocycles. The van der Waals surface area contributed by atoms with Gasteiger partial charge in [-0.3, -0.25) is 19.2 Å². The third-order valence-corrected chi connectivity index (χ3v) is 4.97. The zero-order valence-electron chi connectivity index (χ0n) is 17.1. The Hall–Kier alpha value is -3.88. The first-order valence-electron chi connectivity index (χ1n) is 9.80. The molecule has 1 aliphatic rings. The molecule has 0 saturated carbocycles. The van der Waals surface area contributed by atoms with Crippen LogP contribution in [0.4, 0.5) is 11.4 Å². The number of benzene rings is 2. The highest BCUT2D eigenvalue weighted by Crippen LogP contribution is 2.28. The number of primary amides is 1. The third-order valence-electron chi connectivity index (χ3n) is 4.97. The van der Waals surface area contributed by atoms with Crippen LogP contribution < -0.4 is 26.0 Å². The van der Waals surface area contributed by atoms with Gasteiger partial charge in [0.2, 0.25) is 17.7 Å². The number of nitrogens with zero attached hydrogens (tertiary/aromatic N) is 1. The van der Waals surface area contributed by atoms with Gasteiger partial charge in [-0.2, -0.15) is 0 Å². The zero-order chi connectivity index (χ0) is 22.4. The molecule has 1 fully saturated rings. The summed E-state index contributed by atoms with van der Waals surface area (Å²) in [5, 5.41) is 5.35. The molecule has 0 radical (unpaired) electrons. The van der Waals surface area contributed by atoms with Crippen LogP contribution in [0.3, 0.4) is 0 Å². The van der Waals surface area contributed by atoms with Crippen LogP contribution in [0.2, 0.25) is 0 Å². The largest absolute Gasteiger partial charge is 0.497 e. The van der Waals surface area contributed by atoms with Gasteiger partial charge in [0.15, 0.2) is 0 Å². The van der Waals surface area contributed by atoms with Crippen molar-refractivity contribution in [3.63, 3.8) is 0 Å². The predicted octanol–water partition coefficient (Wildman–Crippen LogP) is 1.29. The van der Waals surface area contributed by atoms with Crippen molar-refractivity contribution < 1.29 is 23.9 Å². The summed E-state index contributed by atoms with van der Waals surface area (Å²) in [6.45, 7) is 0.342. The van der Waals surface area contributed by atoms with Crippen LogP contribution in [0.25, 0.3) is 0 Å². The topological polar surface area (TPSA) is 131 Å². The normalized spacial score (nSPS) is 15.5. The second-order valence-electron chi connectivity index (χ2n) is 7.11. The molecule has 4 amide bonds. The maximum absolute atomic E-state index is 12.8. The number of hydrogen-bond acceptors (Lipinski definition) is 5. The van der Waals surface area contributed by atoms with E-state index in [4.69, 9.17) is 10.5 Å². The molecule has 1 atom stereocenters. The van der Waals surface area contributed by atoms with Crippen molar-refractivity contribution in [3.05, 3.63) is 54.1 Å². The smallest absolute Gasteiger partial charge is 0.253 e. The molecule has 9 heteroatoms. The molecule has 1 aliphatic heterocycles. The van der Waals surface area contributed by atoms with Crippen molar-refractivity contribution in [1.29, 1.82) is 0 Å². The lowest BCUT2D eigenvalue weighted by Gasteiger charge is -2.17. The van der Waals surface area contributed by atoms with Gasteiger partial charge in [0.1, 0.15) is 5.75 Å². The maximum atomic E-state index is 12.8. The van der Waals surface area contributed by atoms with E-state index < -0.39 is 17.7 Å². The summed E-state index contributed by atoms with van der Waals surface area (Å²) >= 11 is 0. The number of amides is 4. The average Bonchev–Trinajstić information content (AvgIpc) is 3.15. The van der Waals surface area contributed by atoms with Crippen LogP contribution >= 0.6 is 0 Å². The second-order valence-corrected chi connectivity index (χ2v) is 7.11.